The van der Waals surface area contributed by atoms with E-state index in [1.807, 2.05) is 0 Å². The summed E-state index contributed by atoms with van der Waals surface area (Å²) in [5, 5.41) is 2.39. The minimum atomic E-state index is -0.803. The molecular weight excluding hydrogens is 315 g/mol. The Bertz CT molecular complexity index is 391. The van der Waals surface area contributed by atoms with Gasteiger partial charge in [0.25, 0.3) is 0 Å². The second kappa shape index (κ2) is 6.91. The van der Waals surface area contributed by atoms with Crippen LogP contribution in [0.3, 0.4) is 0 Å². The zero-order chi connectivity index (χ0) is 12.8. The molecule has 0 radical (unpaired) electrons. The fourth-order valence-corrected chi connectivity index (χ4v) is 1.94. The van der Waals surface area contributed by atoms with Crippen molar-refractivity contribution in [1.82, 2.24) is 0 Å². The second-order valence-corrected chi connectivity index (χ2v) is 4.67. The molecule has 0 atom stereocenters. The number of hydrogen-bond donors (Lipinski definition) is 1. The average Bonchev–Trinajstić information content (AvgIpc) is 2.24. The van der Waals surface area contributed by atoms with Crippen LogP contribution in [0.4, 0.5) is 14.5 Å². The Morgan fingerprint density at radius 2 is 2.06 bits per heavy atom. The molecule has 0 bridgehead atoms. The lowest BCUT2D eigenvalue weighted by atomic mass is 10.2. The van der Waals surface area contributed by atoms with Crippen LogP contribution in [0, 0.1) is 11.6 Å². The lowest BCUT2D eigenvalue weighted by Gasteiger charge is -2.08. The number of amides is 1. The van der Waals surface area contributed by atoms with Crippen LogP contribution in [0.15, 0.2) is 16.6 Å². The first kappa shape index (κ1) is 14.4. The average molecular weight is 327 g/mol. The van der Waals surface area contributed by atoms with E-state index in [9.17, 15) is 13.6 Å². The van der Waals surface area contributed by atoms with Crippen LogP contribution in [-0.2, 0) is 4.79 Å². The molecule has 1 N–H and O–H groups in total. The number of hydrogen-bond acceptors (Lipinski definition) is 1. The predicted molar refractivity (Wildman–Crippen MR) is 67.3 cm³/mol. The van der Waals surface area contributed by atoms with E-state index < -0.39 is 11.6 Å². The number of alkyl halides is 1. The van der Waals surface area contributed by atoms with E-state index in [-0.39, 0.29) is 22.5 Å². The van der Waals surface area contributed by atoms with Crippen LogP contribution < -0.4 is 5.32 Å². The van der Waals surface area contributed by atoms with Crippen molar-refractivity contribution >= 4 is 39.1 Å². The Balaban J connectivity index is 2.65. The quantitative estimate of drug-likeness (QED) is 0.641. The molecule has 0 aliphatic rings. The monoisotopic (exact) mass is 325 g/mol. The summed E-state index contributed by atoms with van der Waals surface area (Å²) >= 11 is 8.46. The number of anilines is 1. The Kier molecular flexibility index (Phi) is 5.85. The van der Waals surface area contributed by atoms with E-state index in [1.165, 1.54) is 0 Å². The summed E-state index contributed by atoms with van der Waals surface area (Å²) in [6.07, 6.45) is 1.62. The molecule has 1 aromatic rings. The summed E-state index contributed by atoms with van der Waals surface area (Å²) in [6, 6.07) is 1.82. The highest BCUT2D eigenvalue weighted by Crippen LogP contribution is 2.27. The van der Waals surface area contributed by atoms with Crippen LogP contribution in [0.25, 0.3) is 0 Å². The number of rotatable bonds is 5. The van der Waals surface area contributed by atoms with E-state index in [4.69, 9.17) is 11.6 Å². The maximum atomic E-state index is 13.4. The van der Waals surface area contributed by atoms with Gasteiger partial charge in [-0.05, 0) is 34.8 Å². The number of nitrogens with one attached hydrogen (secondary N) is 1. The van der Waals surface area contributed by atoms with Crippen molar-refractivity contribution in [2.45, 2.75) is 19.3 Å². The van der Waals surface area contributed by atoms with E-state index in [0.29, 0.717) is 12.3 Å². The zero-order valence-electron chi connectivity index (χ0n) is 8.90. The van der Waals surface area contributed by atoms with Gasteiger partial charge in [0.05, 0.1) is 5.69 Å². The van der Waals surface area contributed by atoms with Gasteiger partial charge in [0.1, 0.15) is 5.82 Å². The summed E-state index contributed by atoms with van der Waals surface area (Å²) in [5.41, 5.74) is -0.0396. The number of unbranched alkanes of at least 4 members (excludes halogenated alkanes) is 1. The first-order valence-corrected chi connectivity index (χ1v) is 6.37. The summed E-state index contributed by atoms with van der Waals surface area (Å²) in [5.74, 6) is -1.33. The molecule has 0 aromatic heterocycles. The molecule has 0 heterocycles. The van der Waals surface area contributed by atoms with Crippen molar-refractivity contribution in [3.8, 4) is 0 Å². The molecule has 0 saturated carbocycles. The van der Waals surface area contributed by atoms with Gasteiger partial charge in [-0.15, -0.1) is 11.6 Å². The fraction of sp³-hybridized carbons (Fsp3) is 0.364. The van der Waals surface area contributed by atoms with Crippen LogP contribution in [0.5, 0.6) is 0 Å². The molecule has 94 valence electrons. The maximum absolute atomic E-state index is 13.4. The van der Waals surface area contributed by atoms with Gasteiger partial charge in [0.2, 0.25) is 5.91 Å². The first-order chi connectivity index (χ1) is 8.04. The molecule has 1 aromatic carbocycles. The largest absolute Gasteiger partial charge is 0.323 e. The number of carbonyl (C=O) groups is 1. The molecule has 17 heavy (non-hydrogen) atoms. The molecule has 6 heteroatoms. The van der Waals surface area contributed by atoms with E-state index in [2.05, 4.69) is 21.2 Å². The molecule has 0 aliphatic heterocycles. The molecular formula is C11H11BrClF2NO. The van der Waals surface area contributed by atoms with Gasteiger partial charge >= 0.3 is 0 Å². The Morgan fingerprint density at radius 1 is 1.35 bits per heavy atom. The molecule has 0 unspecified atom stereocenters. The van der Waals surface area contributed by atoms with E-state index in [0.717, 1.165) is 18.6 Å². The number of carbonyl (C=O) groups excluding carboxylic acids is 1. The Morgan fingerprint density at radius 3 is 2.65 bits per heavy atom. The standard InChI is InChI=1S/C11H11BrClF2NO/c12-8-5-7(14)6-9(15)11(8)16-10(17)3-1-2-4-13/h5-6H,1-4H2,(H,16,17). The Hall–Kier alpha value is -0.680. The van der Waals surface area contributed by atoms with Gasteiger partial charge in [-0.2, -0.15) is 0 Å². The first-order valence-electron chi connectivity index (χ1n) is 5.05. The van der Waals surface area contributed by atoms with Crippen LogP contribution in [0.1, 0.15) is 19.3 Å². The van der Waals surface area contributed by atoms with Gasteiger partial charge in [0, 0.05) is 22.8 Å². The third-order valence-electron chi connectivity index (χ3n) is 2.06. The maximum Gasteiger partial charge on any atom is 0.224 e. The van der Waals surface area contributed by atoms with E-state index >= 15 is 0 Å². The molecule has 0 spiro atoms. The van der Waals surface area contributed by atoms with Crippen LogP contribution >= 0.6 is 27.5 Å². The minimum absolute atomic E-state index is 0.0396. The van der Waals surface area contributed by atoms with Crippen molar-refractivity contribution in [2.75, 3.05) is 11.2 Å². The SMILES string of the molecule is O=C(CCCCCl)Nc1c(F)cc(F)cc1Br. The summed E-state index contributed by atoms with van der Waals surface area (Å²) in [7, 11) is 0. The highest BCUT2D eigenvalue weighted by Gasteiger charge is 2.12. The third-order valence-corrected chi connectivity index (χ3v) is 2.95. The Labute approximate surface area is 111 Å². The molecule has 2 nitrogen and oxygen atoms in total. The number of benzene rings is 1. The van der Waals surface area contributed by atoms with Crippen molar-refractivity contribution in [1.29, 1.82) is 0 Å². The molecule has 0 saturated heterocycles. The summed E-state index contributed by atoms with van der Waals surface area (Å²) in [4.78, 5) is 11.4. The molecule has 1 amide bonds. The fourth-order valence-electron chi connectivity index (χ4n) is 1.24. The lowest BCUT2D eigenvalue weighted by Crippen LogP contribution is -2.13. The molecule has 0 aliphatic carbocycles. The third kappa shape index (κ3) is 4.60. The smallest absolute Gasteiger partial charge is 0.224 e. The summed E-state index contributed by atoms with van der Waals surface area (Å²) in [6.45, 7) is 0. The van der Waals surface area contributed by atoms with Gasteiger partial charge in [0.15, 0.2) is 5.82 Å². The zero-order valence-corrected chi connectivity index (χ0v) is 11.2. The van der Waals surface area contributed by atoms with Gasteiger partial charge in [-0.1, -0.05) is 0 Å². The predicted octanol–water partition coefficient (Wildman–Crippen LogP) is 4.07. The number of halogens is 4. The van der Waals surface area contributed by atoms with Crippen LogP contribution in [0.2, 0.25) is 0 Å². The topological polar surface area (TPSA) is 29.1 Å². The normalized spacial score (nSPS) is 10.4. The van der Waals surface area contributed by atoms with Crippen LogP contribution in [-0.4, -0.2) is 11.8 Å². The molecule has 0 fully saturated rings. The van der Waals surface area contributed by atoms with Crippen molar-refractivity contribution < 1.29 is 13.6 Å². The van der Waals surface area contributed by atoms with Crippen molar-refractivity contribution in [2.24, 2.45) is 0 Å². The van der Waals surface area contributed by atoms with Gasteiger partial charge in [-0.3, -0.25) is 4.79 Å². The van der Waals surface area contributed by atoms with Crippen molar-refractivity contribution in [3.63, 3.8) is 0 Å². The molecule has 1 rings (SSSR count). The van der Waals surface area contributed by atoms with E-state index in [1.54, 1.807) is 0 Å². The van der Waals surface area contributed by atoms with Crippen molar-refractivity contribution in [3.05, 3.63) is 28.2 Å². The second-order valence-electron chi connectivity index (χ2n) is 3.44. The summed E-state index contributed by atoms with van der Waals surface area (Å²) < 4.78 is 26.3. The lowest BCUT2D eigenvalue weighted by molar-refractivity contribution is -0.116. The van der Waals surface area contributed by atoms with Gasteiger partial charge in [-0.25, -0.2) is 8.78 Å². The highest BCUT2D eigenvalue weighted by molar-refractivity contribution is 9.10. The highest BCUT2D eigenvalue weighted by atomic mass is 79.9. The minimum Gasteiger partial charge on any atom is -0.323 e. The van der Waals surface area contributed by atoms with Gasteiger partial charge < -0.3 is 5.32 Å².